The third-order valence-electron chi connectivity index (χ3n) is 3.05. The van der Waals surface area contributed by atoms with Gasteiger partial charge in [-0.25, -0.2) is 21.6 Å². The number of carbonyl (C=O) groups is 1. The summed E-state index contributed by atoms with van der Waals surface area (Å²) in [5.41, 5.74) is 0. The first kappa shape index (κ1) is 15.7. The molecule has 1 unspecified atom stereocenters. The van der Waals surface area contributed by atoms with Crippen LogP contribution < -0.4 is 0 Å². The fourth-order valence-electron chi connectivity index (χ4n) is 2.17. The van der Waals surface area contributed by atoms with Crippen LogP contribution in [0.15, 0.2) is 17.0 Å². The van der Waals surface area contributed by atoms with Crippen LogP contribution >= 0.6 is 0 Å². The molecule has 0 aromatic heterocycles. The molecule has 1 aliphatic heterocycles. The number of rotatable bonds is 3. The van der Waals surface area contributed by atoms with Crippen LogP contribution in [0.4, 0.5) is 13.2 Å². The van der Waals surface area contributed by atoms with Crippen molar-refractivity contribution in [2.45, 2.75) is 23.5 Å². The highest BCUT2D eigenvalue weighted by molar-refractivity contribution is 7.89. The fraction of sp³-hybridized carbons (Fsp3) is 0.364. The summed E-state index contributed by atoms with van der Waals surface area (Å²) in [6.45, 7) is -0.616. The molecule has 1 aromatic rings. The molecule has 0 spiro atoms. The van der Waals surface area contributed by atoms with Gasteiger partial charge in [0.2, 0.25) is 10.0 Å². The maximum atomic E-state index is 13.6. The van der Waals surface area contributed by atoms with Crippen molar-refractivity contribution in [2.24, 2.45) is 0 Å². The predicted octanol–water partition coefficient (Wildman–Crippen LogP) is 0.312. The average molecular weight is 325 g/mol. The molecule has 6 nitrogen and oxygen atoms in total. The first-order valence-corrected chi connectivity index (χ1v) is 7.16. The Kier molecular flexibility index (Phi) is 3.95. The van der Waals surface area contributed by atoms with Crippen molar-refractivity contribution >= 4 is 16.0 Å². The number of β-amino-alcohol motifs (C(OH)–C–C–N with tert-alkyl or cyclic N) is 1. The number of sulfonamides is 1. The number of halogens is 3. The Balaban J connectivity index is 2.55. The minimum atomic E-state index is -4.87. The Hall–Kier alpha value is -1.65. The van der Waals surface area contributed by atoms with Gasteiger partial charge >= 0.3 is 5.97 Å². The van der Waals surface area contributed by atoms with E-state index in [-0.39, 0.29) is 12.1 Å². The Morgan fingerprint density at radius 3 is 2.24 bits per heavy atom. The molecule has 1 heterocycles. The number of aliphatic hydroxyl groups is 1. The predicted molar refractivity (Wildman–Crippen MR) is 62.3 cm³/mol. The van der Waals surface area contributed by atoms with E-state index in [2.05, 4.69) is 0 Å². The normalized spacial score (nSPS) is 23.4. The minimum absolute atomic E-state index is 0.179. The number of hydrogen-bond acceptors (Lipinski definition) is 4. The Labute approximate surface area is 117 Å². The Morgan fingerprint density at radius 2 is 1.76 bits per heavy atom. The van der Waals surface area contributed by atoms with Gasteiger partial charge in [-0.05, 0) is 0 Å². The number of aliphatic hydroxyl groups excluding tert-OH is 1. The minimum Gasteiger partial charge on any atom is -0.480 e. The lowest BCUT2D eigenvalue weighted by Gasteiger charge is -2.21. The largest absolute Gasteiger partial charge is 0.480 e. The highest BCUT2D eigenvalue weighted by Gasteiger charge is 2.45. The van der Waals surface area contributed by atoms with Crippen LogP contribution in [0, 0.1) is 17.5 Å². The van der Waals surface area contributed by atoms with Crippen LogP contribution in [-0.2, 0) is 14.8 Å². The lowest BCUT2D eigenvalue weighted by atomic mass is 10.2. The fourth-order valence-corrected chi connectivity index (χ4v) is 3.89. The zero-order chi connectivity index (χ0) is 15.9. The van der Waals surface area contributed by atoms with Crippen LogP contribution in [0.3, 0.4) is 0 Å². The summed E-state index contributed by atoms with van der Waals surface area (Å²) in [7, 11) is -4.87. The van der Waals surface area contributed by atoms with Gasteiger partial charge in [0.25, 0.3) is 0 Å². The highest BCUT2D eigenvalue weighted by atomic mass is 32.2. The summed E-state index contributed by atoms with van der Waals surface area (Å²) in [5, 5.41) is 18.3. The SMILES string of the molecule is O=C(O)[C@@H]1CC(O)CN1S(=O)(=O)c1c(F)cc(F)cc1F. The van der Waals surface area contributed by atoms with Crippen molar-refractivity contribution in [3.63, 3.8) is 0 Å². The second-order valence-corrected chi connectivity index (χ2v) is 6.34. The quantitative estimate of drug-likeness (QED) is 0.834. The van der Waals surface area contributed by atoms with Crippen molar-refractivity contribution in [1.82, 2.24) is 4.31 Å². The van der Waals surface area contributed by atoms with E-state index in [1.165, 1.54) is 0 Å². The molecule has 1 aromatic carbocycles. The number of benzene rings is 1. The molecule has 2 atom stereocenters. The van der Waals surface area contributed by atoms with Crippen molar-refractivity contribution in [2.75, 3.05) is 6.54 Å². The van der Waals surface area contributed by atoms with Gasteiger partial charge in [0.15, 0.2) is 4.90 Å². The summed E-state index contributed by atoms with van der Waals surface area (Å²) in [4.78, 5) is 9.55. The number of aliphatic carboxylic acids is 1. The molecular formula is C11H10F3NO5S. The van der Waals surface area contributed by atoms with Crippen LogP contribution in [-0.4, -0.2) is 47.6 Å². The third kappa shape index (κ3) is 2.74. The van der Waals surface area contributed by atoms with Crippen LogP contribution in [0.2, 0.25) is 0 Å². The molecule has 21 heavy (non-hydrogen) atoms. The molecule has 0 amide bonds. The first-order valence-electron chi connectivity index (χ1n) is 5.72. The van der Waals surface area contributed by atoms with Crippen molar-refractivity contribution in [1.29, 1.82) is 0 Å². The standard InChI is InChI=1S/C11H10F3NO5S/c12-5-1-7(13)10(8(14)2-5)21(19,20)15-4-6(16)3-9(15)11(17)18/h1-2,6,9,16H,3-4H2,(H,17,18)/t6?,9-/m0/s1. The smallest absolute Gasteiger partial charge is 0.322 e. The Bertz CT molecular complexity index is 670. The zero-order valence-corrected chi connectivity index (χ0v) is 11.1. The van der Waals surface area contributed by atoms with E-state index in [0.717, 1.165) is 0 Å². The van der Waals surface area contributed by atoms with E-state index in [4.69, 9.17) is 5.11 Å². The van der Waals surface area contributed by atoms with Crippen LogP contribution in [0.1, 0.15) is 6.42 Å². The van der Waals surface area contributed by atoms with Gasteiger partial charge in [-0.1, -0.05) is 0 Å². The van der Waals surface area contributed by atoms with E-state index >= 15 is 0 Å². The van der Waals surface area contributed by atoms with Crippen molar-refractivity contribution in [3.05, 3.63) is 29.6 Å². The molecule has 0 radical (unpaired) electrons. The molecule has 10 heteroatoms. The number of hydrogen-bond donors (Lipinski definition) is 2. The van der Waals surface area contributed by atoms with Gasteiger partial charge in [-0.3, -0.25) is 4.79 Å². The van der Waals surface area contributed by atoms with Gasteiger partial charge in [-0.15, -0.1) is 0 Å². The summed E-state index contributed by atoms with van der Waals surface area (Å²) >= 11 is 0. The van der Waals surface area contributed by atoms with E-state index in [1.54, 1.807) is 0 Å². The van der Waals surface area contributed by atoms with Gasteiger partial charge < -0.3 is 10.2 Å². The molecule has 2 N–H and O–H groups in total. The van der Waals surface area contributed by atoms with Crippen molar-refractivity contribution < 1.29 is 36.6 Å². The van der Waals surface area contributed by atoms with E-state index in [1.807, 2.05) is 0 Å². The van der Waals surface area contributed by atoms with Crippen molar-refractivity contribution in [3.8, 4) is 0 Å². The summed E-state index contributed by atoms with van der Waals surface area (Å²) < 4.78 is 64.7. The Morgan fingerprint density at radius 1 is 1.24 bits per heavy atom. The monoisotopic (exact) mass is 325 g/mol. The van der Waals surface area contributed by atoms with Gasteiger partial charge in [0.05, 0.1) is 6.10 Å². The van der Waals surface area contributed by atoms with Gasteiger partial charge in [0, 0.05) is 25.1 Å². The van der Waals surface area contributed by atoms with E-state index in [9.17, 15) is 31.5 Å². The number of carboxylic acid groups (broad SMARTS) is 1. The summed E-state index contributed by atoms with van der Waals surface area (Å²) in [5.74, 6) is -6.20. The lowest BCUT2D eigenvalue weighted by molar-refractivity contribution is -0.140. The summed E-state index contributed by atoms with van der Waals surface area (Å²) in [6, 6.07) is -1.29. The molecular weight excluding hydrogens is 315 g/mol. The topological polar surface area (TPSA) is 94.9 Å². The second kappa shape index (κ2) is 5.28. The molecule has 2 rings (SSSR count). The maximum absolute atomic E-state index is 13.6. The van der Waals surface area contributed by atoms with Gasteiger partial charge in [0.1, 0.15) is 23.5 Å². The van der Waals surface area contributed by atoms with Crippen LogP contribution in [0.25, 0.3) is 0 Å². The molecule has 1 fully saturated rings. The molecule has 1 aliphatic rings. The molecule has 0 aliphatic carbocycles. The average Bonchev–Trinajstić information content (AvgIpc) is 2.70. The highest BCUT2D eigenvalue weighted by Crippen LogP contribution is 2.30. The first-order chi connectivity index (χ1) is 9.64. The maximum Gasteiger partial charge on any atom is 0.322 e. The molecule has 116 valence electrons. The lowest BCUT2D eigenvalue weighted by Crippen LogP contribution is -2.41. The van der Waals surface area contributed by atoms with E-state index in [0.29, 0.717) is 4.31 Å². The second-order valence-electron chi connectivity index (χ2n) is 4.52. The molecule has 0 bridgehead atoms. The van der Waals surface area contributed by atoms with Gasteiger partial charge in [-0.2, -0.15) is 4.31 Å². The molecule has 0 saturated carbocycles. The van der Waals surface area contributed by atoms with Crippen LogP contribution in [0.5, 0.6) is 0 Å². The van der Waals surface area contributed by atoms with E-state index < -0.39 is 63.5 Å². The molecule has 1 saturated heterocycles. The third-order valence-corrected chi connectivity index (χ3v) is 4.98. The summed E-state index contributed by atoms with van der Waals surface area (Å²) in [6.07, 6.45) is -1.67. The zero-order valence-electron chi connectivity index (χ0n) is 10.3. The number of nitrogens with zero attached hydrogens (tertiary/aromatic N) is 1. The number of carboxylic acids is 1.